The van der Waals surface area contributed by atoms with Gasteiger partial charge in [0, 0.05) is 17.6 Å². The van der Waals surface area contributed by atoms with Crippen LogP contribution in [-0.4, -0.2) is 25.1 Å². The first-order chi connectivity index (χ1) is 8.54. The standard InChI is InChI=1S/C13H17FN2O2/c1-18-11-7-9(3-4-10(11)14)12(17)16-8-13(15)5-2-6-13/h3-4,7H,2,5-6,8,15H2,1H3,(H,16,17). The Morgan fingerprint density at radius 3 is 2.83 bits per heavy atom. The Hall–Kier alpha value is -1.62. The molecule has 2 rings (SSSR count). The van der Waals surface area contributed by atoms with Crippen LogP contribution < -0.4 is 15.8 Å². The number of hydrogen-bond acceptors (Lipinski definition) is 3. The summed E-state index contributed by atoms with van der Waals surface area (Å²) in [6, 6.07) is 4.03. The predicted molar refractivity (Wildman–Crippen MR) is 66.1 cm³/mol. The second kappa shape index (κ2) is 4.94. The zero-order valence-corrected chi connectivity index (χ0v) is 10.3. The number of nitrogens with two attached hydrogens (primary N) is 1. The van der Waals surface area contributed by atoms with Gasteiger partial charge in [-0.05, 0) is 37.5 Å². The van der Waals surface area contributed by atoms with Gasteiger partial charge in [-0.2, -0.15) is 0 Å². The summed E-state index contributed by atoms with van der Waals surface area (Å²) in [6.07, 6.45) is 2.97. The first-order valence-corrected chi connectivity index (χ1v) is 5.95. The molecule has 0 unspecified atom stereocenters. The molecule has 1 aliphatic carbocycles. The largest absolute Gasteiger partial charge is 0.494 e. The number of amides is 1. The van der Waals surface area contributed by atoms with Crippen LogP contribution in [0.15, 0.2) is 18.2 Å². The molecule has 4 nitrogen and oxygen atoms in total. The lowest BCUT2D eigenvalue weighted by atomic mass is 9.78. The number of hydrogen-bond donors (Lipinski definition) is 2. The van der Waals surface area contributed by atoms with E-state index in [1.165, 1.54) is 25.3 Å². The van der Waals surface area contributed by atoms with Crippen molar-refractivity contribution in [2.45, 2.75) is 24.8 Å². The summed E-state index contributed by atoms with van der Waals surface area (Å²) in [5, 5.41) is 2.77. The van der Waals surface area contributed by atoms with Crippen molar-refractivity contribution in [2.75, 3.05) is 13.7 Å². The molecular formula is C13H17FN2O2. The van der Waals surface area contributed by atoms with Gasteiger partial charge in [-0.25, -0.2) is 4.39 Å². The first kappa shape index (κ1) is 12.8. The monoisotopic (exact) mass is 252 g/mol. The summed E-state index contributed by atoms with van der Waals surface area (Å²) >= 11 is 0. The number of ether oxygens (including phenoxy) is 1. The molecule has 0 heterocycles. The van der Waals surface area contributed by atoms with E-state index in [0.717, 1.165) is 19.3 Å². The topological polar surface area (TPSA) is 64.3 Å². The van der Waals surface area contributed by atoms with E-state index >= 15 is 0 Å². The van der Waals surface area contributed by atoms with Crippen molar-refractivity contribution in [3.8, 4) is 5.75 Å². The normalized spacial score (nSPS) is 16.8. The number of halogens is 1. The van der Waals surface area contributed by atoms with Crippen LogP contribution in [0.3, 0.4) is 0 Å². The summed E-state index contributed by atoms with van der Waals surface area (Å²) in [7, 11) is 1.36. The van der Waals surface area contributed by atoms with Gasteiger partial charge < -0.3 is 15.8 Å². The highest BCUT2D eigenvalue weighted by Crippen LogP contribution is 2.28. The second-order valence-corrected chi connectivity index (χ2v) is 4.75. The smallest absolute Gasteiger partial charge is 0.251 e. The average molecular weight is 252 g/mol. The molecule has 0 spiro atoms. The van der Waals surface area contributed by atoms with Gasteiger partial charge in [0.05, 0.1) is 7.11 Å². The Balaban J connectivity index is 2.00. The average Bonchev–Trinajstić information content (AvgIpc) is 2.34. The minimum Gasteiger partial charge on any atom is -0.494 e. The molecule has 3 N–H and O–H groups in total. The summed E-state index contributed by atoms with van der Waals surface area (Å²) in [5.74, 6) is -0.679. The van der Waals surface area contributed by atoms with Gasteiger partial charge in [0.15, 0.2) is 11.6 Å². The summed E-state index contributed by atoms with van der Waals surface area (Å²) < 4.78 is 18.0. The van der Waals surface area contributed by atoms with Crippen LogP contribution in [0.2, 0.25) is 0 Å². The molecule has 1 aromatic rings. The van der Waals surface area contributed by atoms with Gasteiger partial charge in [-0.1, -0.05) is 0 Å². The van der Waals surface area contributed by atoms with Gasteiger partial charge in [-0.15, -0.1) is 0 Å². The minimum atomic E-state index is -0.483. The predicted octanol–water partition coefficient (Wildman–Crippen LogP) is 1.45. The Morgan fingerprint density at radius 1 is 1.56 bits per heavy atom. The molecule has 0 aliphatic heterocycles. The lowest BCUT2D eigenvalue weighted by Gasteiger charge is -2.38. The third kappa shape index (κ3) is 2.61. The molecule has 1 saturated carbocycles. The third-order valence-corrected chi connectivity index (χ3v) is 3.36. The Bertz CT molecular complexity index is 458. The fraction of sp³-hybridized carbons (Fsp3) is 0.462. The Kier molecular flexibility index (Phi) is 3.52. The third-order valence-electron chi connectivity index (χ3n) is 3.36. The number of rotatable bonds is 4. The maximum absolute atomic E-state index is 13.2. The van der Waals surface area contributed by atoms with Crippen LogP contribution in [0.25, 0.3) is 0 Å². The Morgan fingerprint density at radius 2 is 2.28 bits per heavy atom. The zero-order valence-electron chi connectivity index (χ0n) is 10.3. The Labute approximate surface area is 105 Å². The van der Waals surface area contributed by atoms with Crippen LogP contribution in [0.4, 0.5) is 4.39 Å². The van der Waals surface area contributed by atoms with Crippen molar-refractivity contribution in [2.24, 2.45) is 5.73 Å². The molecule has 0 aromatic heterocycles. The first-order valence-electron chi connectivity index (χ1n) is 5.95. The van der Waals surface area contributed by atoms with Gasteiger partial charge in [0.2, 0.25) is 0 Å². The summed E-state index contributed by atoms with van der Waals surface area (Å²) in [4.78, 5) is 11.9. The van der Waals surface area contributed by atoms with Crippen molar-refractivity contribution >= 4 is 5.91 Å². The van der Waals surface area contributed by atoms with Crippen molar-refractivity contribution in [1.82, 2.24) is 5.32 Å². The van der Waals surface area contributed by atoms with Crippen molar-refractivity contribution in [3.63, 3.8) is 0 Å². The van der Waals surface area contributed by atoms with Crippen LogP contribution in [0.5, 0.6) is 5.75 Å². The zero-order chi connectivity index (χ0) is 13.2. The molecule has 1 aromatic carbocycles. The molecule has 1 aliphatic rings. The summed E-state index contributed by atoms with van der Waals surface area (Å²) in [5.41, 5.74) is 6.12. The van der Waals surface area contributed by atoms with Gasteiger partial charge >= 0.3 is 0 Å². The molecule has 1 amide bonds. The number of carbonyl (C=O) groups is 1. The number of nitrogens with one attached hydrogen (secondary N) is 1. The van der Waals surface area contributed by atoms with Gasteiger partial charge in [0.25, 0.3) is 5.91 Å². The fourth-order valence-electron chi connectivity index (χ4n) is 1.97. The molecule has 0 radical (unpaired) electrons. The van der Waals surface area contributed by atoms with Crippen molar-refractivity contribution in [1.29, 1.82) is 0 Å². The van der Waals surface area contributed by atoms with E-state index in [-0.39, 0.29) is 17.2 Å². The van der Waals surface area contributed by atoms with Crippen LogP contribution in [0.1, 0.15) is 29.6 Å². The van der Waals surface area contributed by atoms with Crippen LogP contribution >= 0.6 is 0 Å². The lowest BCUT2D eigenvalue weighted by Crippen LogP contribution is -2.54. The molecule has 5 heteroatoms. The highest BCUT2D eigenvalue weighted by atomic mass is 19.1. The van der Waals surface area contributed by atoms with E-state index in [9.17, 15) is 9.18 Å². The van der Waals surface area contributed by atoms with E-state index in [1.54, 1.807) is 0 Å². The van der Waals surface area contributed by atoms with Crippen LogP contribution in [-0.2, 0) is 0 Å². The van der Waals surface area contributed by atoms with Crippen LogP contribution in [0, 0.1) is 5.82 Å². The van der Waals surface area contributed by atoms with Crippen molar-refractivity contribution < 1.29 is 13.9 Å². The molecule has 0 atom stereocenters. The van der Waals surface area contributed by atoms with Gasteiger partial charge in [-0.3, -0.25) is 4.79 Å². The molecule has 0 saturated heterocycles. The molecular weight excluding hydrogens is 235 g/mol. The summed E-state index contributed by atoms with van der Waals surface area (Å²) in [6.45, 7) is 0.450. The SMILES string of the molecule is COc1cc(C(=O)NCC2(N)CCC2)ccc1F. The maximum Gasteiger partial charge on any atom is 0.251 e. The van der Waals surface area contributed by atoms with E-state index in [0.29, 0.717) is 12.1 Å². The molecule has 0 bridgehead atoms. The highest BCUT2D eigenvalue weighted by molar-refractivity contribution is 5.94. The van der Waals surface area contributed by atoms with E-state index in [1.807, 2.05) is 0 Å². The highest BCUT2D eigenvalue weighted by Gasteiger charge is 2.32. The number of methoxy groups -OCH3 is 1. The van der Waals surface area contributed by atoms with Gasteiger partial charge in [0.1, 0.15) is 0 Å². The fourth-order valence-corrected chi connectivity index (χ4v) is 1.97. The maximum atomic E-state index is 13.2. The van der Waals surface area contributed by atoms with E-state index in [2.05, 4.69) is 5.32 Å². The van der Waals surface area contributed by atoms with Crippen molar-refractivity contribution in [3.05, 3.63) is 29.6 Å². The quantitative estimate of drug-likeness (QED) is 0.852. The minimum absolute atomic E-state index is 0.0637. The lowest BCUT2D eigenvalue weighted by molar-refractivity contribution is 0.0929. The second-order valence-electron chi connectivity index (χ2n) is 4.75. The molecule has 98 valence electrons. The molecule has 18 heavy (non-hydrogen) atoms. The molecule has 1 fully saturated rings. The number of benzene rings is 1. The number of carbonyl (C=O) groups excluding carboxylic acids is 1. The van der Waals surface area contributed by atoms with E-state index < -0.39 is 5.82 Å². The van der Waals surface area contributed by atoms with E-state index in [4.69, 9.17) is 10.5 Å².